The van der Waals surface area contributed by atoms with Crippen molar-refractivity contribution in [3.05, 3.63) is 59.4 Å². The number of aromatic nitrogens is 1. The molecule has 1 aliphatic rings. The van der Waals surface area contributed by atoms with Crippen molar-refractivity contribution in [2.24, 2.45) is 5.92 Å². The Hall–Kier alpha value is -2.69. The Morgan fingerprint density at radius 1 is 1.08 bits per heavy atom. The van der Waals surface area contributed by atoms with E-state index < -0.39 is 0 Å². The Bertz CT molecular complexity index is 766. The van der Waals surface area contributed by atoms with Gasteiger partial charge in [0.2, 0.25) is 0 Å². The van der Waals surface area contributed by atoms with Crippen molar-refractivity contribution in [3.63, 3.8) is 0 Å². The highest BCUT2D eigenvalue weighted by atomic mass is 16.5. The van der Waals surface area contributed by atoms with E-state index in [9.17, 15) is 9.59 Å². The van der Waals surface area contributed by atoms with E-state index in [1.54, 1.807) is 31.6 Å². The lowest BCUT2D eigenvalue weighted by molar-refractivity contribution is 0.0650. The van der Waals surface area contributed by atoms with Crippen molar-refractivity contribution in [1.29, 1.82) is 0 Å². The van der Waals surface area contributed by atoms with Crippen LogP contribution in [-0.4, -0.2) is 41.8 Å². The fourth-order valence-electron chi connectivity index (χ4n) is 3.29. The molecule has 5 nitrogen and oxygen atoms in total. The number of amides is 1. The van der Waals surface area contributed by atoms with E-state index in [4.69, 9.17) is 4.74 Å². The molecule has 25 heavy (non-hydrogen) atoms. The van der Waals surface area contributed by atoms with Crippen LogP contribution in [0, 0.1) is 12.8 Å². The minimum absolute atomic E-state index is 0.00795. The van der Waals surface area contributed by atoms with Crippen LogP contribution in [-0.2, 0) is 0 Å². The Morgan fingerprint density at radius 3 is 2.36 bits per heavy atom. The molecule has 0 unspecified atom stereocenters. The van der Waals surface area contributed by atoms with Gasteiger partial charge in [0.05, 0.1) is 7.11 Å². The molecule has 1 aromatic heterocycles. The molecule has 1 aromatic carbocycles. The second kappa shape index (κ2) is 7.47. The Morgan fingerprint density at radius 2 is 1.76 bits per heavy atom. The lowest BCUT2D eigenvalue weighted by Gasteiger charge is -2.31. The molecule has 3 rings (SSSR count). The van der Waals surface area contributed by atoms with Gasteiger partial charge in [-0.25, -0.2) is 0 Å². The van der Waals surface area contributed by atoms with E-state index in [1.165, 1.54) is 0 Å². The van der Waals surface area contributed by atoms with Gasteiger partial charge in [-0.2, -0.15) is 0 Å². The number of benzene rings is 1. The highest BCUT2D eigenvalue weighted by molar-refractivity contribution is 5.98. The number of rotatable bonds is 4. The summed E-state index contributed by atoms with van der Waals surface area (Å²) < 4.78 is 5.25. The quantitative estimate of drug-likeness (QED) is 0.804. The third-order valence-electron chi connectivity index (χ3n) is 4.76. The van der Waals surface area contributed by atoms with Gasteiger partial charge >= 0.3 is 0 Å². The molecule has 0 aliphatic carbocycles. The zero-order chi connectivity index (χ0) is 17.8. The van der Waals surface area contributed by atoms with Crippen molar-refractivity contribution in [3.8, 4) is 5.75 Å². The van der Waals surface area contributed by atoms with Gasteiger partial charge in [0, 0.05) is 42.5 Å². The van der Waals surface area contributed by atoms with Crippen LogP contribution < -0.4 is 4.74 Å². The van der Waals surface area contributed by atoms with Crippen LogP contribution in [0.1, 0.15) is 39.1 Å². The molecule has 0 radical (unpaired) electrons. The van der Waals surface area contributed by atoms with Gasteiger partial charge in [0.15, 0.2) is 5.78 Å². The van der Waals surface area contributed by atoms with E-state index >= 15 is 0 Å². The van der Waals surface area contributed by atoms with Crippen molar-refractivity contribution < 1.29 is 14.3 Å². The van der Waals surface area contributed by atoms with Crippen LogP contribution in [0.2, 0.25) is 0 Å². The average Bonchev–Trinajstić information content (AvgIpc) is 2.67. The topological polar surface area (TPSA) is 59.5 Å². The summed E-state index contributed by atoms with van der Waals surface area (Å²) in [4.78, 5) is 31.0. The Kier molecular flexibility index (Phi) is 5.12. The summed E-state index contributed by atoms with van der Waals surface area (Å²) in [6, 6.07) is 8.99. The molecule has 0 atom stereocenters. The molecule has 2 heterocycles. The van der Waals surface area contributed by atoms with Gasteiger partial charge in [-0.15, -0.1) is 0 Å². The highest BCUT2D eigenvalue weighted by Crippen LogP contribution is 2.25. The fraction of sp³-hybridized carbons (Fsp3) is 0.350. The van der Waals surface area contributed by atoms with E-state index in [1.807, 2.05) is 30.0 Å². The maximum Gasteiger partial charge on any atom is 0.253 e. The number of likely N-dealkylation sites (tertiary alicyclic amines) is 1. The molecular weight excluding hydrogens is 316 g/mol. The van der Waals surface area contributed by atoms with Crippen LogP contribution in [0.3, 0.4) is 0 Å². The SMILES string of the molecule is COc1ccc(C(=O)C2CCN(C(=O)c3ccncc3)CC2)cc1C. The largest absolute Gasteiger partial charge is 0.496 e. The first kappa shape index (κ1) is 17.1. The number of carbonyl (C=O) groups excluding carboxylic acids is 2. The zero-order valence-electron chi connectivity index (χ0n) is 14.6. The van der Waals surface area contributed by atoms with Gasteiger partial charge in [-0.1, -0.05) is 0 Å². The summed E-state index contributed by atoms with van der Waals surface area (Å²) in [7, 11) is 1.62. The minimum Gasteiger partial charge on any atom is -0.496 e. The summed E-state index contributed by atoms with van der Waals surface area (Å²) >= 11 is 0. The molecule has 2 aromatic rings. The second-order valence-electron chi connectivity index (χ2n) is 6.35. The van der Waals surface area contributed by atoms with Crippen LogP contribution in [0.4, 0.5) is 0 Å². The second-order valence-corrected chi connectivity index (χ2v) is 6.35. The molecule has 1 saturated heterocycles. The summed E-state index contributed by atoms with van der Waals surface area (Å²) in [5, 5.41) is 0. The number of hydrogen-bond donors (Lipinski definition) is 0. The smallest absolute Gasteiger partial charge is 0.253 e. The van der Waals surface area contributed by atoms with Crippen LogP contribution in [0.5, 0.6) is 5.75 Å². The minimum atomic E-state index is -0.0331. The number of methoxy groups -OCH3 is 1. The Balaban J connectivity index is 1.63. The predicted octanol–water partition coefficient (Wildman–Crippen LogP) is 3.13. The first-order valence-corrected chi connectivity index (χ1v) is 8.48. The number of pyridine rings is 1. The third-order valence-corrected chi connectivity index (χ3v) is 4.76. The number of nitrogens with zero attached hydrogens (tertiary/aromatic N) is 2. The van der Waals surface area contributed by atoms with Crippen LogP contribution in [0.15, 0.2) is 42.7 Å². The Labute approximate surface area is 147 Å². The summed E-state index contributed by atoms with van der Waals surface area (Å²) in [6.07, 6.45) is 4.63. The lowest BCUT2D eigenvalue weighted by atomic mass is 9.88. The van der Waals surface area contributed by atoms with Gasteiger partial charge in [0.1, 0.15) is 5.75 Å². The first-order valence-electron chi connectivity index (χ1n) is 8.48. The van der Waals surface area contributed by atoms with Crippen molar-refractivity contribution in [1.82, 2.24) is 9.88 Å². The number of piperidine rings is 1. The highest BCUT2D eigenvalue weighted by Gasteiger charge is 2.28. The van der Waals surface area contributed by atoms with Gasteiger partial charge in [0.25, 0.3) is 5.91 Å². The third kappa shape index (κ3) is 3.71. The molecule has 0 spiro atoms. The monoisotopic (exact) mass is 338 g/mol. The summed E-state index contributed by atoms with van der Waals surface area (Å²) in [5.74, 6) is 0.916. The van der Waals surface area contributed by atoms with Crippen molar-refractivity contribution in [2.45, 2.75) is 19.8 Å². The van der Waals surface area contributed by atoms with Gasteiger partial charge < -0.3 is 9.64 Å². The number of aryl methyl sites for hydroxylation is 1. The van der Waals surface area contributed by atoms with E-state index in [0.29, 0.717) is 31.5 Å². The van der Waals surface area contributed by atoms with E-state index in [-0.39, 0.29) is 17.6 Å². The zero-order valence-corrected chi connectivity index (χ0v) is 14.6. The van der Waals surface area contributed by atoms with Crippen LogP contribution in [0.25, 0.3) is 0 Å². The normalized spacial score (nSPS) is 15.0. The van der Waals surface area contributed by atoms with E-state index in [2.05, 4.69) is 4.98 Å². The van der Waals surface area contributed by atoms with Crippen LogP contribution >= 0.6 is 0 Å². The molecule has 1 aliphatic heterocycles. The maximum atomic E-state index is 12.7. The standard InChI is InChI=1S/C20H22N2O3/c1-14-13-17(3-4-18(14)25-2)19(23)15-7-11-22(12-8-15)20(24)16-5-9-21-10-6-16/h3-6,9-10,13,15H,7-8,11-12H2,1-2H3. The first-order chi connectivity index (χ1) is 12.1. The number of carbonyl (C=O) groups is 2. The number of ether oxygens (including phenoxy) is 1. The number of ketones is 1. The predicted molar refractivity (Wildman–Crippen MR) is 94.9 cm³/mol. The molecular formula is C20H22N2O3. The van der Waals surface area contributed by atoms with Gasteiger partial charge in [-0.3, -0.25) is 14.6 Å². The summed E-state index contributed by atoms with van der Waals surface area (Å²) in [5.41, 5.74) is 2.32. The van der Waals surface area contributed by atoms with E-state index in [0.717, 1.165) is 16.9 Å². The van der Waals surface area contributed by atoms with Crippen molar-refractivity contribution >= 4 is 11.7 Å². The maximum absolute atomic E-state index is 12.7. The molecule has 0 saturated carbocycles. The van der Waals surface area contributed by atoms with Gasteiger partial charge in [-0.05, 0) is 55.7 Å². The molecule has 5 heteroatoms. The van der Waals surface area contributed by atoms with Crippen molar-refractivity contribution in [2.75, 3.05) is 20.2 Å². The molecule has 0 bridgehead atoms. The number of hydrogen-bond acceptors (Lipinski definition) is 4. The molecule has 130 valence electrons. The molecule has 1 fully saturated rings. The number of Topliss-reactive ketones (excluding diaryl/α,β-unsaturated/α-hetero) is 1. The lowest BCUT2D eigenvalue weighted by Crippen LogP contribution is -2.40. The fourth-order valence-corrected chi connectivity index (χ4v) is 3.29. The average molecular weight is 338 g/mol. The summed E-state index contributed by atoms with van der Waals surface area (Å²) in [6.45, 7) is 3.14. The molecule has 0 N–H and O–H groups in total. The molecule has 1 amide bonds.